The van der Waals surface area contributed by atoms with E-state index < -0.39 is 5.54 Å². The Balaban J connectivity index is 2.74. The average molecular weight is 228 g/mol. The lowest BCUT2D eigenvalue weighted by atomic mass is 9.81. The Kier molecular flexibility index (Phi) is 4.73. The van der Waals surface area contributed by atoms with Gasteiger partial charge in [-0.3, -0.25) is 4.79 Å². The molecule has 0 radical (unpaired) electrons. The lowest BCUT2D eigenvalue weighted by Gasteiger charge is -2.35. The fourth-order valence-corrected chi connectivity index (χ4v) is 2.12. The van der Waals surface area contributed by atoms with Crippen molar-refractivity contribution < 1.29 is 14.3 Å². The van der Waals surface area contributed by atoms with Gasteiger partial charge in [-0.2, -0.15) is 0 Å². The number of carbonyl (C=O) groups is 2. The maximum absolute atomic E-state index is 11.9. The molecule has 5 heteroatoms. The van der Waals surface area contributed by atoms with E-state index in [0.717, 1.165) is 19.3 Å². The number of amides is 1. The van der Waals surface area contributed by atoms with Crippen molar-refractivity contribution in [2.24, 2.45) is 5.73 Å². The number of hydrogen-bond donors (Lipinski definition) is 2. The number of esters is 1. The Morgan fingerprint density at radius 1 is 1.31 bits per heavy atom. The summed E-state index contributed by atoms with van der Waals surface area (Å²) < 4.78 is 5.04. The van der Waals surface area contributed by atoms with E-state index in [1.54, 1.807) is 6.92 Å². The fraction of sp³-hybridized carbons (Fsp3) is 0.818. The van der Waals surface area contributed by atoms with Crippen LogP contribution >= 0.6 is 0 Å². The third kappa shape index (κ3) is 2.95. The maximum Gasteiger partial charge on any atom is 0.331 e. The van der Waals surface area contributed by atoms with E-state index in [2.05, 4.69) is 5.32 Å². The molecule has 1 saturated carbocycles. The van der Waals surface area contributed by atoms with Crippen LogP contribution < -0.4 is 11.1 Å². The van der Waals surface area contributed by atoms with E-state index in [1.165, 1.54) is 0 Å². The van der Waals surface area contributed by atoms with Crippen molar-refractivity contribution in [1.82, 2.24) is 5.32 Å². The van der Waals surface area contributed by atoms with Crippen molar-refractivity contribution in [2.45, 2.75) is 44.6 Å². The quantitative estimate of drug-likeness (QED) is 0.679. The van der Waals surface area contributed by atoms with Gasteiger partial charge in [0.1, 0.15) is 5.54 Å². The van der Waals surface area contributed by atoms with Crippen molar-refractivity contribution in [3.63, 3.8) is 0 Å². The first-order valence-electron chi connectivity index (χ1n) is 5.83. The highest BCUT2D eigenvalue weighted by molar-refractivity contribution is 5.88. The van der Waals surface area contributed by atoms with Gasteiger partial charge in [0.15, 0.2) is 0 Å². The molecule has 1 fully saturated rings. The molecule has 3 N–H and O–H groups in total. The van der Waals surface area contributed by atoms with E-state index in [9.17, 15) is 9.59 Å². The van der Waals surface area contributed by atoms with Crippen molar-refractivity contribution >= 4 is 11.9 Å². The molecule has 16 heavy (non-hydrogen) atoms. The summed E-state index contributed by atoms with van der Waals surface area (Å²) >= 11 is 0. The van der Waals surface area contributed by atoms with Crippen molar-refractivity contribution in [3.05, 3.63) is 0 Å². The van der Waals surface area contributed by atoms with E-state index >= 15 is 0 Å². The summed E-state index contributed by atoms with van der Waals surface area (Å²) in [5, 5.41) is 2.73. The average Bonchev–Trinajstić information content (AvgIpc) is 2.30. The van der Waals surface area contributed by atoms with Gasteiger partial charge in [0, 0.05) is 0 Å². The van der Waals surface area contributed by atoms with Gasteiger partial charge >= 0.3 is 5.97 Å². The van der Waals surface area contributed by atoms with Gasteiger partial charge in [0.25, 0.3) is 0 Å². The molecule has 1 rings (SSSR count). The number of rotatable bonds is 4. The normalized spacial score (nSPS) is 18.9. The van der Waals surface area contributed by atoms with Gasteiger partial charge < -0.3 is 15.8 Å². The third-order valence-corrected chi connectivity index (χ3v) is 2.94. The van der Waals surface area contributed by atoms with Crippen LogP contribution in [-0.2, 0) is 14.3 Å². The molecule has 0 bridgehead atoms. The third-order valence-electron chi connectivity index (χ3n) is 2.94. The minimum Gasteiger partial charge on any atom is -0.464 e. The van der Waals surface area contributed by atoms with E-state index in [-0.39, 0.29) is 18.4 Å². The second-order valence-corrected chi connectivity index (χ2v) is 4.12. The van der Waals surface area contributed by atoms with E-state index in [4.69, 9.17) is 10.5 Å². The van der Waals surface area contributed by atoms with E-state index in [0.29, 0.717) is 19.4 Å². The Labute approximate surface area is 95.7 Å². The number of nitrogens with one attached hydrogen (secondary N) is 1. The molecule has 0 heterocycles. The maximum atomic E-state index is 11.9. The summed E-state index contributed by atoms with van der Waals surface area (Å²) in [4.78, 5) is 23.2. The highest BCUT2D eigenvalue weighted by Gasteiger charge is 2.41. The molecule has 0 atom stereocenters. The van der Waals surface area contributed by atoms with Gasteiger partial charge in [-0.15, -0.1) is 0 Å². The highest BCUT2D eigenvalue weighted by Crippen LogP contribution is 2.29. The molecule has 1 amide bonds. The molecular formula is C11H20N2O3. The van der Waals surface area contributed by atoms with Crippen LogP contribution in [0, 0.1) is 0 Å². The van der Waals surface area contributed by atoms with Crippen LogP contribution in [0.25, 0.3) is 0 Å². The first-order chi connectivity index (χ1) is 7.64. The summed E-state index contributed by atoms with van der Waals surface area (Å²) in [6.45, 7) is 2.00. The SMILES string of the molecule is CCOC(=O)C1(NC(=O)CN)CCCCC1. The molecular weight excluding hydrogens is 208 g/mol. The Morgan fingerprint density at radius 2 is 1.94 bits per heavy atom. The standard InChI is InChI=1S/C11H20N2O3/c1-2-16-10(15)11(13-9(14)8-12)6-4-3-5-7-11/h2-8,12H2,1H3,(H,13,14). The van der Waals surface area contributed by atoms with Gasteiger partial charge in [-0.25, -0.2) is 4.79 Å². The Hall–Kier alpha value is -1.10. The zero-order valence-electron chi connectivity index (χ0n) is 9.75. The van der Waals surface area contributed by atoms with Gasteiger partial charge in [-0.1, -0.05) is 19.3 Å². The van der Waals surface area contributed by atoms with Crippen LogP contribution in [0.2, 0.25) is 0 Å². The monoisotopic (exact) mass is 228 g/mol. The lowest BCUT2D eigenvalue weighted by Crippen LogP contribution is -2.57. The smallest absolute Gasteiger partial charge is 0.331 e. The topological polar surface area (TPSA) is 81.4 Å². The first-order valence-corrected chi connectivity index (χ1v) is 5.83. The van der Waals surface area contributed by atoms with Gasteiger partial charge in [0.05, 0.1) is 13.2 Å². The zero-order valence-corrected chi connectivity index (χ0v) is 9.75. The number of nitrogens with two attached hydrogens (primary N) is 1. The Bertz CT molecular complexity index is 260. The largest absolute Gasteiger partial charge is 0.464 e. The lowest BCUT2D eigenvalue weighted by molar-refractivity contribution is -0.154. The summed E-state index contributed by atoms with van der Waals surface area (Å²) in [5.41, 5.74) is 4.43. The molecule has 0 spiro atoms. The Morgan fingerprint density at radius 3 is 2.44 bits per heavy atom. The molecule has 1 aliphatic rings. The predicted octanol–water partition coefficient (Wildman–Crippen LogP) is 0.327. The van der Waals surface area contributed by atoms with Crippen LogP contribution in [0.15, 0.2) is 0 Å². The molecule has 1 aliphatic carbocycles. The molecule has 0 saturated heterocycles. The van der Waals surface area contributed by atoms with Crippen LogP contribution in [-0.4, -0.2) is 30.6 Å². The summed E-state index contributed by atoms with van der Waals surface area (Å²) in [7, 11) is 0. The second kappa shape index (κ2) is 5.84. The van der Waals surface area contributed by atoms with Crippen molar-refractivity contribution in [2.75, 3.05) is 13.2 Å². The number of carbonyl (C=O) groups excluding carboxylic acids is 2. The van der Waals surface area contributed by atoms with Gasteiger partial charge in [0.2, 0.25) is 5.91 Å². The summed E-state index contributed by atoms with van der Waals surface area (Å²) in [6.07, 6.45) is 4.27. The minimum absolute atomic E-state index is 0.0961. The van der Waals surface area contributed by atoms with Crippen LogP contribution in [0.4, 0.5) is 0 Å². The molecule has 5 nitrogen and oxygen atoms in total. The molecule has 0 aromatic carbocycles. The van der Waals surface area contributed by atoms with Crippen LogP contribution in [0.5, 0.6) is 0 Å². The fourth-order valence-electron chi connectivity index (χ4n) is 2.12. The van der Waals surface area contributed by atoms with Crippen molar-refractivity contribution in [1.29, 1.82) is 0 Å². The highest BCUT2D eigenvalue weighted by atomic mass is 16.5. The van der Waals surface area contributed by atoms with E-state index in [1.807, 2.05) is 0 Å². The summed E-state index contributed by atoms with van der Waals surface area (Å²) in [6, 6.07) is 0. The summed E-state index contributed by atoms with van der Waals surface area (Å²) in [5.74, 6) is -0.619. The second-order valence-electron chi connectivity index (χ2n) is 4.12. The van der Waals surface area contributed by atoms with Gasteiger partial charge in [-0.05, 0) is 19.8 Å². The molecule has 92 valence electrons. The van der Waals surface area contributed by atoms with Crippen molar-refractivity contribution in [3.8, 4) is 0 Å². The number of ether oxygens (including phenoxy) is 1. The predicted molar refractivity (Wildman–Crippen MR) is 59.6 cm³/mol. The molecule has 0 aromatic heterocycles. The first kappa shape index (κ1) is 13.0. The molecule has 0 aliphatic heterocycles. The molecule has 0 unspecified atom stereocenters. The molecule has 0 aromatic rings. The minimum atomic E-state index is -0.829. The van der Waals surface area contributed by atoms with Crippen LogP contribution in [0.1, 0.15) is 39.0 Å². The van der Waals surface area contributed by atoms with Crippen LogP contribution in [0.3, 0.4) is 0 Å². The number of hydrogen-bond acceptors (Lipinski definition) is 4. The zero-order chi connectivity index (χ0) is 12.0.